The zero-order chi connectivity index (χ0) is 14.4. The van der Waals surface area contributed by atoms with E-state index in [1.54, 1.807) is 18.5 Å². The van der Waals surface area contributed by atoms with Crippen molar-refractivity contribution in [2.24, 2.45) is 0 Å². The summed E-state index contributed by atoms with van der Waals surface area (Å²) in [6.07, 6.45) is 3.56. The molecule has 20 heavy (non-hydrogen) atoms. The molecule has 0 fully saturated rings. The van der Waals surface area contributed by atoms with Gasteiger partial charge in [-0.2, -0.15) is 0 Å². The smallest absolute Gasteiger partial charge is 0.162 e. The Labute approximate surface area is 119 Å². The van der Waals surface area contributed by atoms with Crippen molar-refractivity contribution in [1.29, 1.82) is 0 Å². The maximum atomic E-state index is 10.1. The minimum absolute atomic E-state index is 0.188. The van der Waals surface area contributed by atoms with Gasteiger partial charge in [0.15, 0.2) is 11.5 Å². The standard InChI is InChI=1S/C16H20N2O2/c1-3-20-15-6-4-5-14(16(15)19)11-18-12(2)13-7-9-17-10-8-13/h4-10,12,18-19H,3,11H2,1-2H3/t12-/m0/s1. The number of phenolic OH excluding ortho intramolecular Hbond substituents is 1. The van der Waals surface area contributed by atoms with Crippen LogP contribution in [0.3, 0.4) is 0 Å². The number of nitrogens with one attached hydrogen (secondary N) is 1. The summed E-state index contributed by atoms with van der Waals surface area (Å²) < 4.78 is 5.38. The lowest BCUT2D eigenvalue weighted by molar-refractivity contribution is 0.316. The average molecular weight is 272 g/mol. The molecule has 1 heterocycles. The summed E-state index contributed by atoms with van der Waals surface area (Å²) in [6.45, 7) is 5.10. The number of pyridine rings is 1. The summed E-state index contributed by atoms with van der Waals surface area (Å²) in [5, 5.41) is 13.5. The lowest BCUT2D eigenvalue weighted by atomic mass is 10.1. The van der Waals surface area contributed by atoms with Crippen molar-refractivity contribution in [2.45, 2.75) is 26.4 Å². The normalized spacial score (nSPS) is 12.1. The van der Waals surface area contributed by atoms with Crippen LogP contribution in [0.15, 0.2) is 42.7 Å². The average Bonchev–Trinajstić information content (AvgIpc) is 2.49. The Morgan fingerprint density at radius 2 is 2.00 bits per heavy atom. The van der Waals surface area contributed by atoms with Crippen LogP contribution in [0.4, 0.5) is 0 Å². The third-order valence-electron chi connectivity index (χ3n) is 3.19. The molecule has 0 aliphatic rings. The highest BCUT2D eigenvalue weighted by molar-refractivity contribution is 5.45. The number of aromatic nitrogens is 1. The molecule has 0 aliphatic heterocycles. The van der Waals surface area contributed by atoms with E-state index in [9.17, 15) is 5.11 Å². The summed E-state index contributed by atoms with van der Waals surface area (Å²) in [5.41, 5.74) is 2.00. The summed E-state index contributed by atoms with van der Waals surface area (Å²) in [7, 11) is 0. The van der Waals surface area contributed by atoms with E-state index < -0.39 is 0 Å². The highest BCUT2D eigenvalue weighted by Crippen LogP contribution is 2.30. The summed E-state index contributed by atoms with van der Waals surface area (Å²) in [6, 6.07) is 9.70. The Bertz CT molecular complexity index is 543. The van der Waals surface area contributed by atoms with Crippen LogP contribution in [0.2, 0.25) is 0 Å². The van der Waals surface area contributed by atoms with Gasteiger partial charge in [0, 0.05) is 30.5 Å². The summed E-state index contributed by atoms with van der Waals surface area (Å²) in [4.78, 5) is 4.01. The van der Waals surface area contributed by atoms with Gasteiger partial charge in [-0.3, -0.25) is 4.98 Å². The van der Waals surface area contributed by atoms with E-state index in [1.165, 1.54) is 5.56 Å². The largest absolute Gasteiger partial charge is 0.504 e. The number of hydrogen-bond donors (Lipinski definition) is 2. The molecule has 1 aromatic heterocycles. The lowest BCUT2D eigenvalue weighted by Gasteiger charge is -2.15. The van der Waals surface area contributed by atoms with E-state index in [0.29, 0.717) is 18.9 Å². The topological polar surface area (TPSA) is 54.4 Å². The second-order valence-corrected chi connectivity index (χ2v) is 4.58. The number of nitrogens with zero attached hydrogens (tertiary/aromatic N) is 1. The fourth-order valence-corrected chi connectivity index (χ4v) is 2.02. The molecule has 4 nitrogen and oxygen atoms in total. The van der Waals surface area contributed by atoms with Crippen molar-refractivity contribution in [3.05, 3.63) is 53.9 Å². The molecule has 0 bridgehead atoms. The summed E-state index contributed by atoms with van der Waals surface area (Å²) in [5.74, 6) is 0.743. The lowest BCUT2D eigenvalue weighted by Crippen LogP contribution is -2.18. The predicted molar refractivity (Wildman–Crippen MR) is 78.8 cm³/mol. The van der Waals surface area contributed by atoms with Crippen LogP contribution in [0, 0.1) is 0 Å². The molecule has 0 unspecified atom stereocenters. The van der Waals surface area contributed by atoms with Crippen LogP contribution in [-0.4, -0.2) is 16.7 Å². The third-order valence-corrected chi connectivity index (χ3v) is 3.19. The van der Waals surface area contributed by atoms with E-state index in [4.69, 9.17) is 4.74 Å². The maximum Gasteiger partial charge on any atom is 0.162 e. The van der Waals surface area contributed by atoms with Gasteiger partial charge in [0.2, 0.25) is 0 Å². The maximum absolute atomic E-state index is 10.1. The zero-order valence-electron chi connectivity index (χ0n) is 11.8. The van der Waals surface area contributed by atoms with Gasteiger partial charge in [-0.05, 0) is 37.6 Å². The number of para-hydroxylation sites is 1. The van der Waals surface area contributed by atoms with Gasteiger partial charge < -0.3 is 15.2 Å². The van der Waals surface area contributed by atoms with Crippen molar-refractivity contribution in [2.75, 3.05) is 6.61 Å². The van der Waals surface area contributed by atoms with Crippen LogP contribution in [0.5, 0.6) is 11.5 Å². The molecule has 2 aromatic rings. The van der Waals surface area contributed by atoms with Crippen LogP contribution >= 0.6 is 0 Å². The second kappa shape index (κ2) is 6.91. The van der Waals surface area contributed by atoms with E-state index in [2.05, 4.69) is 17.2 Å². The van der Waals surface area contributed by atoms with Crippen LogP contribution in [-0.2, 0) is 6.54 Å². The van der Waals surface area contributed by atoms with Gasteiger partial charge >= 0.3 is 0 Å². The summed E-state index contributed by atoms with van der Waals surface area (Å²) >= 11 is 0. The number of ether oxygens (including phenoxy) is 1. The Kier molecular flexibility index (Phi) is 4.96. The van der Waals surface area contributed by atoms with Crippen molar-refractivity contribution in [3.8, 4) is 11.5 Å². The van der Waals surface area contributed by atoms with Crippen molar-refractivity contribution in [1.82, 2.24) is 10.3 Å². The number of phenols is 1. The van der Waals surface area contributed by atoms with E-state index in [1.807, 2.05) is 31.2 Å². The first kappa shape index (κ1) is 14.3. The molecule has 4 heteroatoms. The Morgan fingerprint density at radius 1 is 1.25 bits per heavy atom. The molecule has 2 N–H and O–H groups in total. The molecule has 0 saturated heterocycles. The zero-order valence-corrected chi connectivity index (χ0v) is 11.8. The number of benzene rings is 1. The molecular formula is C16H20N2O2. The molecule has 106 valence electrons. The first-order chi connectivity index (χ1) is 9.72. The van der Waals surface area contributed by atoms with Gasteiger partial charge in [0.05, 0.1) is 6.61 Å². The van der Waals surface area contributed by atoms with Crippen LogP contribution in [0.1, 0.15) is 31.0 Å². The van der Waals surface area contributed by atoms with Gasteiger partial charge in [0.25, 0.3) is 0 Å². The second-order valence-electron chi connectivity index (χ2n) is 4.58. The molecule has 0 saturated carbocycles. The minimum Gasteiger partial charge on any atom is -0.504 e. The number of rotatable bonds is 6. The van der Waals surface area contributed by atoms with Crippen LogP contribution in [0.25, 0.3) is 0 Å². The van der Waals surface area contributed by atoms with Crippen molar-refractivity contribution in [3.63, 3.8) is 0 Å². The number of hydrogen-bond acceptors (Lipinski definition) is 4. The Morgan fingerprint density at radius 3 is 2.70 bits per heavy atom. The molecule has 2 rings (SSSR count). The van der Waals surface area contributed by atoms with Gasteiger partial charge in [-0.15, -0.1) is 0 Å². The highest BCUT2D eigenvalue weighted by atomic mass is 16.5. The molecule has 0 radical (unpaired) electrons. The van der Waals surface area contributed by atoms with Gasteiger partial charge in [0.1, 0.15) is 0 Å². The fourth-order valence-electron chi connectivity index (χ4n) is 2.02. The van der Waals surface area contributed by atoms with Crippen molar-refractivity contribution >= 4 is 0 Å². The highest BCUT2D eigenvalue weighted by Gasteiger charge is 2.09. The number of aromatic hydroxyl groups is 1. The quantitative estimate of drug-likeness (QED) is 0.848. The van der Waals surface area contributed by atoms with Gasteiger partial charge in [-0.1, -0.05) is 12.1 Å². The van der Waals surface area contributed by atoms with Gasteiger partial charge in [-0.25, -0.2) is 0 Å². The Hall–Kier alpha value is -2.07. The molecule has 1 atom stereocenters. The minimum atomic E-state index is 0.188. The molecule has 0 spiro atoms. The van der Waals surface area contributed by atoms with E-state index in [-0.39, 0.29) is 11.8 Å². The van der Waals surface area contributed by atoms with Crippen LogP contribution < -0.4 is 10.1 Å². The SMILES string of the molecule is CCOc1cccc(CN[C@@H](C)c2ccncc2)c1O. The molecule has 0 amide bonds. The monoisotopic (exact) mass is 272 g/mol. The molecular weight excluding hydrogens is 252 g/mol. The first-order valence-electron chi connectivity index (χ1n) is 6.79. The van der Waals surface area contributed by atoms with Crippen molar-refractivity contribution < 1.29 is 9.84 Å². The fraction of sp³-hybridized carbons (Fsp3) is 0.312. The van der Waals surface area contributed by atoms with E-state index >= 15 is 0 Å². The van der Waals surface area contributed by atoms with E-state index in [0.717, 1.165) is 5.56 Å². The first-order valence-corrected chi connectivity index (χ1v) is 6.79. The molecule has 1 aromatic carbocycles. The Balaban J connectivity index is 2.02. The third kappa shape index (κ3) is 3.48. The predicted octanol–water partition coefficient (Wildman–Crippen LogP) is 3.04. The molecule has 0 aliphatic carbocycles.